The van der Waals surface area contributed by atoms with E-state index >= 15 is 0 Å². The summed E-state index contributed by atoms with van der Waals surface area (Å²) < 4.78 is 2.03. The molecule has 0 aliphatic heterocycles. The van der Waals surface area contributed by atoms with Crippen LogP contribution in [0, 0.1) is 0 Å². The largest absolute Gasteiger partial charge is 0.323 e. The fourth-order valence-corrected chi connectivity index (χ4v) is 2.93. The molecule has 2 aromatic rings. The van der Waals surface area contributed by atoms with Crippen molar-refractivity contribution in [3.05, 3.63) is 41.9 Å². The fourth-order valence-electron chi connectivity index (χ4n) is 1.80. The SMILES string of the molecule is CC(C)c1nc(C=NN)n(C)c1Sc1ccccc1. The van der Waals surface area contributed by atoms with Crippen LogP contribution in [0.4, 0.5) is 0 Å². The molecule has 0 saturated heterocycles. The lowest BCUT2D eigenvalue weighted by atomic mass is 10.2. The van der Waals surface area contributed by atoms with Gasteiger partial charge in [-0.25, -0.2) is 4.98 Å². The minimum atomic E-state index is 0.359. The van der Waals surface area contributed by atoms with Crippen molar-refractivity contribution in [2.45, 2.75) is 29.7 Å². The van der Waals surface area contributed by atoms with Crippen LogP contribution in [0.1, 0.15) is 31.3 Å². The van der Waals surface area contributed by atoms with E-state index in [0.29, 0.717) is 5.92 Å². The highest BCUT2D eigenvalue weighted by molar-refractivity contribution is 7.99. The van der Waals surface area contributed by atoms with Gasteiger partial charge in [0, 0.05) is 11.9 Å². The Bertz CT molecular complexity index is 573. The molecule has 0 atom stereocenters. The van der Waals surface area contributed by atoms with Crippen LogP contribution in [0.25, 0.3) is 0 Å². The van der Waals surface area contributed by atoms with Gasteiger partial charge in [-0.15, -0.1) is 0 Å². The maximum absolute atomic E-state index is 5.23. The van der Waals surface area contributed by atoms with E-state index in [1.54, 1.807) is 18.0 Å². The molecular formula is C14H18N4S. The van der Waals surface area contributed by atoms with Crippen molar-refractivity contribution in [2.75, 3.05) is 0 Å². The number of hydrazone groups is 1. The summed E-state index contributed by atoms with van der Waals surface area (Å²) in [5.41, 5.74) is 1.08. The van der Waals surface area contributed by atoms with Crippen LogP contribution in [0.2, 0.25) is 0 Å². The van der Waals surface area contributed by atoms with Gasteiger partial charge < -0.3 is 10.4 Å². The van der Waals surface area contributed by atoms with E-state index in [9.17, 15) is 0 Å². The zero-order valence-electron chi connectivity index (χ0n) is 11.4. The molecule has 0 bridgehead atoms. The maximum atomic E-state index is 5.23. The van der Waals surface area contributed by atoms with Crippen molar-refractivity contribution in [1.29, 1.82) is 0 Å². The molecule has 0 aliphatic carbocycles. The van der Waals surface area contributed by atoms with Crippen LogP contribution >= 0.6 is 11.8 Å². The normalized spacial score (nSPS) is 11.6. The summed E-state index contributed by atoms with van der Waals surface area (Å²) in [6, 6.07) is 10.3. The quantitative estimate of drug-likeness (QED) is 0.530. The number of hydrogen-bond donors (Lipinski definition) is 1. The summed E-state index contributed by atoms with van der Waals surface area (Å²) in [5.74, 6) is 6.37. The zero-order chi connectivity index (χ0) is 13.8. The van der Waals surface area contributed by atoms with Crippen molar-refractivity contribution in [3.63, 3.8) is 0 Å². The minimum absolute atomic E-state index is 0.359. The lowest BCUT2D eigenvalue weighted by Crippen LogP contribution is -1.99. The summed E-state index contributed by atoms with van der Waals surface area (Å²) in [7, 11) is 1.99. The number of benzene rings is 1. The van der Waals surface area contributed by atoms with Gasteiger partial charge in [0.05, 0.1) is 11.9 Å². The monoisotopic (exact) mass is 274 g/mol. The first-order valence-electron chi connectivity index (χ1n) is 6.16. The molecule has 0 aliphatic rings. The molecule has 2 rings (SSSR count). The van der Waals surface area contributed by atoms with Crippen molar-refractivity contribution in [1.82, 2.24) is 9.55 Å². The predicted octanol–water partition coefficient (Wildman–Crippen LogP) is 2.99. The highest BCUT2D eigenvalue weighted by Gasteiger charge is 2.17. The smallest absolute Gasteiger partial charge is 0.153 e. The first kappa shape index (κ1) is 13.7. The summed E-state index contributed by atoms with van der Waals surface area (Å²) in [5, 5.41) is 4.71. The van der Waals surface area contributed by atoms with Crippen molar-refractivity contribution in [2.24, 2.45) is 18.0 Å². The molecule has 0 amide bonds. The summed E-state index contributed by atoms with van der Waals surface area (Å²) >= 11 is 1.71. The summed E-state index contributed by atoms with van der Waals surface area (Å²) in [6.07, 6.45) is 1.58. The minimum Gasteiger partial charge on any atom is -0.323 e. The van der Waals surface area contributed by atoms with Gasteiger partial charge in [-0.05, 0) is 18.1 Å². The van der Waals surface area contributed by atoms with Gasteiger partial charge in [-0.3, -0.25) is 0 Å². The molecule has 5 heteroatoms. The van der Waals surface area contributed by atoms with E-state index in [0.717, 1.165) is 16.5 Å². The number of rotatable bonds is 4. The first-order valence-corrected chi connectivity index (χ1v) is 6.98. The van der Waals surface area contributed by atoms with E-state index in [1.165, 1.54) is 4.90 Å². The number of aromatic nitrogens is 2. The van der Waals surface area contributed by atoms with E-state index in [1.807, 2.05) is 29.8 Å². The Morgan fingerprint density at radius 3 is 2.58 bits per heavy atom. The average Bonchev–Trinajstić information content (AvgIpc) is 2.70. The molecule has 2 N–H and O–H groups in total. The number of hydrogen-bond acceptors (Lipinski definition) is 4. The molecule has 100 valence electrons. The second-order valence-electron chi connectivity index (χ2n) is 4.57. The molecule has 0 spiro atoms. The van der Waals surface area contributed by atoms with Crippen LogP contribution in [-0.4, -0.2) is 15.8 Å². The van der Waals surface area contributed by atoms with E-state index < -0.39 is 0 Å². The lowest BCUT2D eigenvalue weighted by Gasteiger charge is -2.08. The van der Waals surface area contributed by atoms with Gasteiger partial charge in [0.1, 0.15) is 5.03 Å². The molecule has 1 aromatic carbocycles. The van der Waals surface area contributed by atoms with Crippen LogP contribution in [-0.2, 0) is 7.05 Å². The van der Waals surface area contributed by atoms with E-state index in [4.69, 9.17) is 5.84 Å². The Labute approximate surface area is 117 Å². The standard InChI is InChI=1S/C14H18N4S/c1-10(2)13-14(18(3)12(17-13)9-16-15)19-11-7-5-4-6-8-11/h4-10H,15H2,1-3H3. The number of imidazole rings is 1. The molecule has 4 nitrogen and oxygen atoms in total. The average molecular weight is 274 g/mol. The van der Waals surface area contributed by atoms with Crippen LogP contribution in [0.5, 0.6) is 0 Å². The third-order valence-corrected chi connectivity index (χ3v) is 3.98. The van der Waals surface area contributed by atoms with Crippen molar-refractivity contribution >= 4 is 18.0 Å². The first-order chi connectivity index (χ1) is 9.13. The summed E-state index contributed by atoms with van der Waals surface area (Å²) in [6.45, 7) is 4.28. The third kappa shape index (κ3) is 2.98. The van der Waals surface area contributed by atoms with Gasteiger partial charge in [-0.2, -0.15) is 5.10 Å². The number of nitrogens with zero attached hydrogens (tertiary/aromatic N) is 3. The topological polar surface area (TPSA) is 56.2 Å². The molecule has 19 heavy (non-hydrogen) atoms. The Hall–Kier alpha value is -1.75. The Balaban J connectivity index is 2.43. The van der Waals surface area contributed by atoms with Gasteiger partial charge in [0.15, 0.2) is 5.82 Å². The third-order valence-electron chi connectivity index (χ3n) is 2.80. The second kappa shape index (κ2) is 5.93. The van der Waals surface area contributed by atoms with Gasteiger partial charge in [-0.1, -0.05) is 43.8 Å². The molecule has 0 saturated carbocycles. The van der Waals surface area contributed by atoms with Gasteiger partial charge >= 0.3 is 0 Å². The highest BCUT2D eigenvalue weighted by Crippen LogP contribution is 2.33. The van der Waals surface area contributed by atoms with Crippen LogP contribution in [0.3, 0.4) is 0 Å². The van der Waals surface area contributed by atoms with Crippen LogP contribution in [0.15, 0.2) is 45.4 Å². The summed E-state index contributed by atoms with van der Waals surface area (Å²) in [4.78, 5) is 5.81. The van der Waals surface area contributed by atoms with Crippen molar-refractivity contribution in [3.8, 4) is 0 Å². The maximum Gasteiger partial charge on any atom is 0.153 e. The van der Waals surface area contributed by atoms with Gasteiger partial charge in [0.2, 0.25) is 0 Å². The second-order valence-corrected chi connectivity index (χ2v) is 5.63. The molecule has 0 fully saturated rings. The van der Waals surface area contributed by atoms with Gasteiger partial charge in [0.25, 0.3) is 0 Å². The molecule has 0 radical (unpaired) electrons. The molecule has 1 aromatic heterocycles. The molecule has 0 unspecified atom stereocenters. The number of nitrogens with two attached hydrogens (primary N) is 1. The highest BCUT2D eigenvalue weighted by atomic mass is 32.2. The lowest BCUT2D eigenvalue weighted by molar-refractivity contribution is 0.763. The predicted molar refractivity (Wildman–Crippen MR) is 79.6 cm³/mol. The van der Waals surface area contributed by atoms with Crippen LogP contribution < -0.4 is 5.84 Å². The molecule has 1 heterocycles. The Morgan fingerprint density at radius 1 is 1.32 bits per heavy atom. The zero-order valence-corrected chi connectivity index (χ0v) is 12.2. The van der Waals surface area contributed by atoms with E-state index in [-0.39, 0.29) is 0 Å². The molecular weight excluding hydrogens is 256 g/mol. The fraction of sp³-hybridized carbons (Fsp3) is 0.286. The van der Waals surface area contributed by atoms with E-state index in [2.05, 4.69) is 36.1 Å². The van der Waals surface area contributed by atoms with Crippen molar-refractivity contribution < 1.29 is 0 Å². The Morgan fingerprint density at radius 2 is 2.00 bits per heavy atom. The Kier molecular flexibility index (Phi) is 4.27.